The van der Waals surface area contributed by atoms with Crippen LogP contribution in [0.15, 0.2) is 24.4 Å². The Bertz CT molecular complexity index is 671. The van der Waals surface area contributed by atoms with Gasteiger partial charge in [0.15, 0.2) is 5.82 Å². The highest BCUT2D eigenvalue weighted by Gasteiger charge is 2.12. The zero-order valence-corrected chi connectivity index (χ0v) is 13.9. The van der Waals surface area contributed by atoms with Crippen LogP contribution in [0.25, 0.3) is 11.4 Å². The topological polar surface area (TPSA) is 64.1 Å². The summed E-state index contributed by atoms with van der Waals surface area (Å²) < 4.78 is 5.10. The second-order valence-electron chi connectivity index (χ2n) is 5.50. The van der Waals surface area contributed by atoms with Gasteiger partial charge in [0.05, 0.1) is 0 Å². The molecule has 1 aromatic carbocycles. The predicted molar refractivity (Wildman–Crippen MR) is 91.6 cm³/mol. The monoisotopic (exact) mass is 313 g/mol. The van der Waals surface area contributed by atoms with Gasteiger partial charge in [-0.15, -0.1) is 0 Å². The van der Waals surface area contributed by atoms with Gasteiger partial charge in [-0.25, -0.2) is 9.97 Å². The van der Waals surface area contributed by atoms with E-state index in [4.69, 9.17) is 4.74 Å². The van der Waals surface area contributed by atoms with Gasteiger partial charge in [-0.2, -0.15) is 0 Å². The Kier molecular flexibility index (Phi) is 6.09. The van der Waals surface area contributed by atoms with Crippen molar-refractivity contribution in [1.82, 2.24) is 9.97 Å². The Morgan fingerprint density at radius 1 is 1.22 bits per heavy atom. The number of nitrogens with zero attached hydrogens (tertiary/aromatic N) is 2. The average molecular weight is 313 g/mol. The van der Waals surface area contributed by atoms with Crippen LogP contribution in [0.3, 0.4) is 0 Å². The summed E-state index contributed by atoms with van der Waals surface area (Å²) in [5.41, 5.74) is 2.64. The van der Waals surface area contributed by atoms with Gasteiger partial charge in [0, 0.05) is 23.9 Å². The maximum atomic E-state index is 10.7. The molecule has 0 bridgehead atoms. The first kappa shape index (κ1) is 16.9. The first-order valence-electron chi connectivity index (χ1n) is 7.95. The van der Waals surface area contributed by atoms with E-state index in [9.17, 15) is 4.79 Å². The zero-order chi connectivity index (χ0) is 16.7. The van der Waals surface area contributed by atoms with Crippen LogP contribution in [0.2, 0.25) is 0 Å². The second-order valence-corrected chi connectivity index (χ2v) is 5.50. The first-order chi connectivity index (χ1) is 11.2. The van der Waals surface area contributed by atoms with Crippen LogP contribution in [-0.4, -0.2) is 23.0 Å². The molecular formula is C18H23N3O2. The van der Waals surface area contributed by atoms with E-state index in [1.165, 1.54) is 12.8 Å². The van der Waals surface area contributed by atoms with E-state index >= 15 is 0 Å². The molecule has 1 N–H and O–H groups in total. The minimum Gasteiger partial charge on any atom is -0.428 e. The molecule has 0 radical (unpaired) electrons. The Morgan fingerprint density at radius 3 is 2.78 bits per heavy atom. The number of anilines is 1. The second kappa shape index (κ2) is 8.27. The average Bonchev–Trinajstić information content (AvgIpc) is 2.56. The maximum Gasteiger partial charge on any atom is 0.298 e. The largest absolute Gasteiger partial charge is 0.428 e. The molecule has 0 spiro atoms. The molecule has 2 rings (SSSR count). The molecule has 1 heterocycles. The molecule has 0 aliphatic heterocycles. The number of nitrogens with one attached hydrogen (secondary N) is 1. The van der Waals surface area contributed by atoms with Crippen LogP contribution in [-0.2, 0) is 4.79 Å². The van der Waals surface area contributed by atoms with Crippen molar-refractivity contribution in [3.05, 3.63) is 35.5 Å². The van der Waals surface area contributed by atoms with Crippen molar-refractivity contribution in [2.75, 3.05) is 11.9 Å². The number of benzene rings is 1. The van der Waals surface area contributed by atoms with Crippen LogP contribution >= 0.6 is 0 Å². The van der Waals surface area contributed by atoms with Crippen LogP contribution < -0.4 is 10.1 Å². The third-order valence-corrected chi connectivity index (χ3v) is 3.75. The Morgan fingerprint density at radius 2 is 2.04 bits per heavy atom. The van der Waals surface area contributed by atoms with Crippen LogP contribution in [0.1, 0.15) is 37.3 Å². The highest BCUT2D eigenvalue weighted by molar-refractivity contribution is 5.67. The summed E-state index contributed by atoms with van der Waals surface area (Å²) in [6.07, 6.45) is 5.26. The van der Waals surface area contributed by atoms with Crippen molar-refractivity contribution >= 4 is 12.3 Å². The molecule has 1 aromatic heterocycles. The SMILES string of the molecule is CCCCCNc1ccnc(-c2ccc(C)c(OC=O)c2C)n1. The zero-order valence-electron chi connectivity index (χ0n) is 13.9. The van der Waals surface area contributed by atoms with Crippen molar-refractivity contribution in [3.8, 4) is 17.1 Å². The lowest BCUT2D eigenvalue weighted by Crippen LogP contribution is -2.05. The number of unbranched alkanes of at least 4 members (excludes halogenated alkanes) is 2. The van der Waals surface area contributed by atoms with Crippen molar-refractivity contribution < 1.29 is 9.53 Å². The van der Waals surface area contributed by atoms with E-state index in [-0.39, 0.29) is 0 Å². The van der Waals surface area contributed by atoms with E-state index in [0.717, 1.165) is 35.5 Å². The molecule has 5 nitrogen and oxygen atoms in total. The Hall–Kier alpha value is -2.43. The molecule has 0 unspecified atom stereocenters. The molecule has 0 saturated carbocycles. The summed E-state index contributed by atoms with van der Waals surface area (Å²) in [6, 6.07) is 5.73. The summed E-state index contributed by atoms with van der Waals surface area (Å²) in [6.45, 7) is 7.35. The number of hydrogen-bond acceptors (Lipinski definition) is 5. The highest BCUT2D eigenvalue weighted by Crippen LogP contribution is 2.31. The molecule has 0 amide bonds. The molecule has 0 fully saturated rings. The fourth-order valence-electron chi connectivity index (χ4n) is 2.48. The molecule has 0 aliphatic rings. The fraction of sp³-hybridized carbons (Fsp3) is 0.389. The number of rotatable bonds is 8. The number of aryl methyl sites for hydroxylation is 1. The van der Waals surface area contributed by atoms with Crippen LogP contribution in [0.5, 0.6) is 5.75 Å². The predicted octanol–water partition coefficient (Wildman–Crippen LogP) is 3.90. The quantitative estimate of drug-likeness (QED) is 0.591. The number of aromatic nitrogens is 2. The standard InChI is InChI=1S/C18H23N3O2/c1-4-5-6-10-19-16-9-11-20-18(21-16)15-8-7-13(2)17(14(15)3)23-12-22/h7-9,11-12H,4-6,10H2,1-3H3,(H,19,20,21). The first-order valence-corrected chi connectivity index (χ1v) is 7.95. The number of carbonyl (C=O) groups excluding carboxylic acids is 1. The van der Waals surface area contributed by atoms with Crippen LogP contribution in [0, 0.1) is 13.8 Å². The molecule has 5 heteroatoms. The summed E-state index contributed by atoms with van der Waals surface area (Å²) >= 11 is 0. The molecule has 122 valence electrons. The third-order valence-electron chi connectivity index (χ3n) is 3.75. The van der Waals surface area contributed by atoms with Gasteiger partial charge in [0.25, 0.3) is 6.47 Å². The van der Waals surface area contributed by atoms with Crippen molar-refractivity contribution in [3.63, 3.8) is 0 Å². The normalized spacial score (nSPS) is 10.4. The lowest BCUT2D eigenvalue weighted by molar-refractivity contribution is -0.120. The maximum absolute atomic E-state index is 10.7. The summed E-state index contributed by atoms with van der Waals surface area (Å²) in [5.74, 6) is 2.00. The lowest BCUT2D eigenvalue weighted by atomic mass is 10.0. The molecule has 23 heavy (non-hydrogen) atoms. The van der Waals surface area contributed by atoms with Gasteiger partial charge >= 0.3 is 0 Å². The number of hydrogen-bond donors (Lipinski definition) is 1. The highest BCUT2D eigenvalue weighted by atomic mass is 16.5. The van der Waals surface area contributed by atoms with Crippen LogP contribution in [0.4, 0.5) is 5.82 Å². The van der Waals surface area contributed by atoms with Gasteiger partial charge in [-0.1, -0.05) is 31.9 Å². The molecule has 0 aliphatic carbocycles. The third kappa shape index (κ3) is 4.28. The minimum absolute atomic E-state index is 0.450. The number of carbonyl (C=O) groups is 1. The molecule has 0 atom stereocenters. The van der Waals surface area contributed by atoms with Gasteiger partial charge in [-0.3, -0.25) is 4.79 Å². The van der Waals surface area contributed by atoms with E-state index in [0.29, 0.717) is 18.0 Å². The molecular weight excluding hydrogens is 290 g/mol. The lowest BCUT2D eigenvalue weighted by Gasteiger charge is -2.12. The van der Waals surface area contributed by atoms with E-state index in [2.05, 4.69) is 22.2 Å². The molecule has 2 aromatic rings. The summed E-state index contributed by atoms with van der Waals surface area (Å²) in [7, 11) is 0. The Balaban J connectivity index is 2.25. The summed E-state index contributed by atoms with van der Waals surface area (Å²) in [4.78, 5) is 19.6. The van der Waals surface area contributed by atoms with Crippen molar-refractivity contribution in [1.29, 1.82) is 0 Å². The van der Waals surface area contributed by atoms with Crippen molar-refractivity contribution in [2.45, 2.75) is 40.0 Å². The van der Waals surface area contributed by atoms with Crippen molar-refractivity contribution in [2.24, 2.45) is 0 Å². The summed E-state index contributed by atoms with van der Waals surface area (Å²) in [5, 5.41) is 3.32. The smallest absolute Gasteiger partial charge is 0.298 e. The van der Waals surface area contributed by atoms with E-state index < -0.39 is 0 Å². The van der Waals surface area contributed by atoms with Gasteiger partial charge < -0.3 is 10.1 Å². The van der Waals surface area contributed by atoms with Gasteiger partial charge in [0.1, 0.15) is 11.6 Å². The van der Waals surface area contributed by atoms with Gasteiger partial charge in [0.2, 0.25) is 0 Å². The fourth-order valence-corrected chi connectivity index (χ4v) is 2.48. The van der Waals surface area contributed by atoms with Gasteiger partial charge in [-0.05, 0) is 31.9 Å². The Labute approximate surface area is 137 Å². The molecule has 0 saturated heterocycles. The minimum atomic E-state index is 0.450. The van der Waals surface area contributed by atoms with E-state index in [1.54, 1.807) is 6.20 Å². The number of ether oxygens (including phenoxy) is 1. The van der Waals surface area contributed by atoms with E-state index in [1.807, 2.05) is 32.0 Å².